The molecule has 0 aliphatic carbocycles. The molecule has 2 aromatic heterocycles. The van der Waals surface area contributed by atoms with E-state index in [0.29, 0.717) is 22.3 Å². The lowest BCUT2D eigenvalue weighted by Gasteiger charge is -2.20. The van der Waals surface area contributed by atoms with Crippen LogP contribution in [-0.4, -0.2) is 68.8 Å². The fourth-order valence-corrected chi connectivity index (χ4v) is 3.62. The lowest BCUT2D eigenvalue weighted by Crippen LogP contribution is -2.35. The van der Waals surface area contributed by atoms with Crippen molar-refractivity contribution in [3.05, 3.63) is 58.5 Å². The lowest BCUT2D eigenvalue weighted by molar-refractivity contribution is 0.0526. The summed E-state index contributed by atoms with van der Waals surface area (Å²) in [4.78, 5) is 56.1. The molecule has 2 heterocycles. The Labute approximate surface area is 223 Å². The average Bonchev–Trinajstić information content (AvgIpc) is 3.19. The molecule has 0 aliphatic heterocycles. The maximum absolute atomic E-state index is 13.2. The van der Waals surface area contributed by atoms with E-state index in [4.69, 9.17) is 26.1 Å². The summed E-state index contributed by atoms with van der Waals surface area (Å²) in [5, 5.41) is 6.84. The molecule has 0 radical (unpaired) electrons. The molecule has 0 aliphatic rings. The predicted molar refractivity (Wildman–Crippen MR) is 139 cm³/mol. The summed E-state index contributed by atoms with van der Waals surface area (Å²) in [6, 6.07) is 4.57. The molecule has 0 unspecified atom stereocenters. The van der Waals surface area contributed by atoms with E-state index in [0.717, 1.165) is 15.0 Å². The Morgan fingerprint density at radius 3 is 2.47 bits per heavy atom. The number of carbonyl (C=O) groups is 4. The molecule has 38 heavy (non-hydrogen) atoms. The number of hydrogen-bond acceptors (Lipinski definition) is 8. The Morgan fingerprint density at radius 1 is 1.18 bits per heavy atom. The second-order valence-electron chi connectivity index (χ2n) is 9.34. The van der Waals surface area contributed by atoms with E-state index in [1.54, 1.807) is 52.8 Å². The SMILES string of the molecule is CNC(=O)c1ccc(C)c(N=c2c3c(C)c(C(=O)N(C)C(=O)OCCl)cn3ncn2C(=O)OC(C)(C)C)c1. The third-order valence-electron chi connectivity index (χ3n) is 5.47. The van der Waals surface area contributed by atoms with E-state index in [1.807, 2.05) is 0 Å². The van der Waals surface area contributed by atoms with Crippen LogP contribution < -0.4 is 10.8 Å². The number of ether oxygens (including phenoxy) is 2. The molecule has 0 spiro atoms. The molecule has 0 bridgehead atoms. The number of aromatic nitrogens is 3. The molecule has 3 amide bonds. The van der Waals surface area contributed by atoms with Crippen LogP contribution >= 0.6 is 11.6 Å². The molecule has 0 atom stereocenters. The third kappa shape index (κ3) is 5.86. The zero-order valence-corrected chi connectivity index (χ0v) is 22.9. The minimum absolute atomic E-state index is 0.106. The van der Waals surface area contributed by atoms with Crippen molar-refractivity contribution in [2.45, 2.75) is 40.2 Å². The van der Waals surface area contributed by atoms with Crippen LogP contribution in [0.4, 0.5) is 15.3 Å². The zero-order valence-electron chi connectivity index (χ0n) is 22.2. The quantitative estimate of drug-likeness (QED) is 0.496. The number of amides is 3. The topological polar surface area (TPSA) is 137 Å². The third-order valence-corrected chi connectivity index (χ3v) is 5.58. The van der Waals surface area contributed by atoms with Crippen LogP contribution in [0.15, 0.2) is 35.7 Å². The summed E-state index contributed by atoms with van der Waals surface area (Å²) in [6.45, 7) is 8.61. The van der Waals surface area contributed by atoms with Crippen molar-refractivity contribution in [1.82, 2.24) is 24.4 Å². The van der Waals surface area contributed by atoms with E-state index < -0.39 is 29.8 Å². The highest BCUT2D eigenvalue weighted by molar-refractivity contribution is 6.17. The molecule has 1 N–H and O–H groups in total. The first-order valence-corrected chi connectivity index (χ1v) is 12.0. The Hall–Kier alpha value is -4.19. The van der Waals surface area contributed by atoms with Gasteiger partial charge in [0.2, 0.25) is 0 Å². The summed E-state index contributed by atoms with van der Waals surface area (Å²) < 4.78 is 12.8. The van der Waals surface area contributed by atoms with Gasteiger partial charge in [-0.05, 0) is 57.9 Å². The molecule has 13 heteroatoms. The minimum Gasteiger partial charge on any atom is -0.443 e. The van der Waals surface area contributed by atoms with Gasteiger partial charge in [-0.3, -0.25) is 9.59 Å². The molecule has 12 nitrogen and oxygen atoms in total. The summed E-state index contributed by atoms with van der Waals surface area (Å²) in [5.74, 6) is -0.976. The van der Waals surface area contributed by atoms with Crippen LogP contribution in [0.3, 0.4) is 0 Å². The van der Waals surface area contributed by atoms with Gasteiger partial charge in [-0.2, -0.15) is 5.10 Å². The van der Waals surface area contributed by atoms with E-state index in [2.05, 4.69) is 10.4 Å². The number of hydrogen-bond donors (Lipinski definition) is 1. The number of carbonyl (C=O) groups excluding carboxylic acids is 4. The van der Waals surface area contributed by atoms with Crippen LogP contribution in [0, 0.1) is 13.8 Å². The fraction of sp³-hybridized carbons (Fsp3) is 0.360. The number of aryl methyl sites for hydroxylation is 2. The van der Waals surface area contributed by atoms with Gasteiger partial charge in [0.15, 0.2) is 11.6 Å². The first-order chi connectivity index (χ1) is 17.8. The maximum Gasteiger partial charge on any atom is 0.421 e. The standard InChI is InChI=1S/C25H29ClN6O6/c1-14-8-9-16(21(33)27-6)10-18(14)29-20-19-15(2)17(22(34)30(7)23(35)37-12-26)11-32(19)28-13-31(20)24(36)38-25(3,4)5/h8-11,13H,12H2,1-7H3,(H,27,33). The Bertz CT molecular complexity index is 1500. The average molecular weight is 545 g/mol. The van der Waals surface area contributed by atoms with Gasteiger partial charge in [-0.1, -0.05) is 17.7 Å². The number of nitrogens with one attached hydrogen (secondary N) is 1. The van der Waals surface area contributed by atoms with E-state index >= 15 is 0 Å². The molecule has 1 aromatic carbocycles. The van der Waals surface area contributed by atoms with Gasteiger partial charge in [0.05, 0.1) is 11.3 Å². The molecule has 202 valence electrons. The van der Waals surface area contributed by atoms with Crippen molar-refractivity contribution in [2.75, 3.05) is 20.2 Å². The summed E-state index contributed by atoms with van der Waals surface area (Å²) in [7, 11) is 2.77. The number of rotatable bonds is 4. The first kappa shape index (κ1) is 28.4. The largest absolute Gasteiger partial charge is 0.443 e. The molecular formula is C25H29ClN6O6. The van der Waals surface area contributed by atoms with E-state index in [1.165, 1.54) is 31.1 Å². The van der Waals surface area contributed by atoms with Gasteiger partial charge in [0.25, 0.3) is 11.8 Å². The van der Waals surface area contributed by atoms with Gasteiger partial charge in [0, 0.05) is 25.9 Å². The lowest BCUT2D eigenvalue weighted by atomic mass is 10.1. The molecule has 0 saturated heterocycles. The van der Waals surface area contributed by atoms with Crippen LogP contribution in [-0.2, 0) is 9.47 Å². The summed E-state index contributed by atoms with van der Waals surface area (Å²) >= 11 is 5.45. The predicted octanol–water partition coefficient (Wildman–Crippen LogP) is 3.53. The number of fused-ring (bicyclic) bond motifs is 1. The highest BCUT2D eigenvalue weighted by atomic mass is 35.5. The number of halogens is 1. The van der Waals surface area contributed by atoms with Crippen LogP contribution in [0.5, 0.6) is 0 Å². The Kier molecular flexibility index (Phi) is 8.25. The van der Waals surface area contributed by atoms with E-state index in [-0.39, 0.29) is 17.0 Å². The van der Waals surface area contributed by atoms with Crippen LogP contribution in [0.2, 0.25) is 0 Å². The maximum atomic E-state index is 13.2. The number of imide groups is 1. The Morgan fingerprint density at radius 2 is 1.87 bits per heavy atom. The first-order valence-electron chi connectivity index (χ1n) is 11.5. The normalized spacial score (nSPS) is 11.8. The van der Waals surface area contributed by atoms with E-state index in [9.17, 15) is 19.2 Å². The number of alkyl halides is 1. The van der Waals surface area contributed by atoms with Gasteiger partial charge in [-0.25, -0.2) is 28.6 Å². The molecule has 0 fully saturated rings. The van der Waals surface area contributed by atoms with Crippen LogP contribution in [0.25, 0.3) is 5.52 Å². The summed E-state index contributed by atoms with van der Waals surface area (Å²) in [5.41, 5.74) is 1.63. The van der Waals surface area contributed by atoms with Crippen molar-refractivity contribution in [3.8, 4) is 0 Å². The Balaban J connectivity index is 2.34. The monoisotopic (exact) mass is 544 g/mol. The zero-order chi connectivity index (χ0) is 28.4. The van der Waals surface area contributed by atoms with Crippen molar-refractivity contribution in [2.24, 2.45) is 4.99 Å². The molecule has 0 saturated carbocycles. The van der Waals surface area contributed by atoms with Gasteiger partial charge in [0.1, 0.15) is 17.4 Å². The second kappa shape index (κ2) is 11.1. The van der Waals surface area contributed by atoms with Gasteiger partial charge < -0.3 is 14.8 Å². The van der Waals surface area contributed by atoms with Crippen molar-refractivity contribution < 1.29 is 28.7 Å². The minimum atomic E-state index is -0.928. The van der Waals surface area contributed by atoms with Crippen molar-refractivity contribution in [1.29, 1.82) is 0 Å². The van der Waals surface area contributed by atoms with Gasteiger partial charge in [-0.15, -0.1) is 0 Å². The molecule has 3 rings (SSSR count). The molecule has 3 aromatic rings. The number of nitrogens with zero attached hydrogens (tertiary/aromatic N) is 5. The van der Waals surface area contributed by atoms with Crippen molar-refractivity contribution >= 4 is 46.8 Å². The second-order valence-corrected chi connectivity index (χ2v) is 9.56. The van der Waals surface area contributed by atoms with Crippen LogP contribution in [0.1, 0.15) is 52.6 Å². The highest BCUT2D eigenvalue weighted by Crippen LogP contribution is 2.22. The smallest absolute Gasteiger partial charge is 0.421 e. The number of benzene rings is 1. The summed E-state index contributed by atoms with van der Waals surface area (Å²) in [6.07, 6.45) is 0.964. The van der Waals surface area contributed by atoms with Gasteiger partial charge >= 0.3 is 12.2 Å². The molecular weight excluding hydrogens is 516 g/mol. The fourth-order valence-electron chi connectivity index (χ4n) is 3.52. The van der Waals surface area contributed by atoms with Crippen molar-refractivity contribution in [3.63, 3.8) is 0 Å². The highest BCUT2D eigenvalue weighted by Gasteiger charge is 2.26.